The Labute approximate surface area is 397 Å². The molecule has 334 valence electrons. The van der Waals surface area contributed by atoms with Gasteiger partial charge in [0.1, 0.15) is 5.15 Å². The zero-order valence-corrected chi connectivity index (χ0v) is 39.7. The fourth-order valence-electron chi connectivity index (χ4n) is 9.01. The topological polar surface area (TPSA) is 44.2 Å². The van der Waals surface area contributed by atoms with Crippen molar-refractivity contribution < 1.29 is 26.9 Å². The predicted octanol–water partition coefficient (Wildman–Crippen LogP) is 15.6. The van der Waals surface area contributed by atoms with Crippen LogP contribution < -0.4 is 5.46 Å². The van der Waals surface area contributed by atoms with Gasteiger partial charge in [-0.15, -0.1) is 0 Å². The molecule has 2 aromatic heterocycles. The van der Waals surface area contributed by atoms with Crippen LogP contribution in [0.15, 0.2) is 121 Å². The first kappa shape index (κ1) is 45.9. The minimum absolute atomic E-state index is 0.0159. The van der Waals surface area contributed by atoms with Crippen LogP contribution in [0.1, 0.15) is 72.2 Å². The Morgan fingerprint density at radius 3 is 1.48 bits per heavy atom. The molecule has 1 aliphatic heterocycles. The number of aromatic nitrogens is 2. The summed E-state index contributed by atoms with van der Waals surface area (Å²) in [5.41, 5.74) is 8.10. The lowest BCUT2D eigenvalue weighted by atomic mass is 9.73. The molecule has 0 bridgehead atoms. The Morgan fingerprint density at radius 2 is 0.924 bits per heavy atom. The Balaban J connectivity index is 0.000000134. The van der Waals surface area contributed by atoms with Crippen molar-refractivity contribution in [3.05, 3.63) is 181 Å². The average molecular weight is 946 g/mol. The second-order valence-corrected chi connectivity index (χ2v) is 19.5. The molecule has 0 radical (unpaired) electrons. The highest BCUT2D eigenvalue weighted by Crippen LogP contribution is 2.55. The number of hydrogen-bond donors (Lipinski definition) is 0. The van der Waals surface area contributed by atoms with Gasteiger partial charge >= 0.3 is 7.12 Å². The molecule has 1 fully saturated rings. The number of hydrogen-bond acceptors (Lipinski definition) is 4. The maximum absolute atomic E-state index is 15.5. The summed E-state index contributed by atoms with van der Waals surface area (Å²) in [6.07, 6.45) is 0. The largest absolute Gasteiger partial charge is 0.495 e. The highest BCUT2D eigenvalue weighted by molar-refractivity contribution is 6.63. The lowest BCUT2D eigenvalue weighted by Crippen LogP contribution is -2.41. The van der Waals surface area contributed by atoms with Crippen molar-refractivity contribution >= 4 is 69.2 Å². The number of fused-ring (bicyclic) bond motifs is 8. The van der Waals surface area contributed by atoms with E-state index < -0.39 is 30.2 Å². The molecule has 0 atom stereocenters. The van der Waals surface area contributed by atoms with Gasteiger partial charge in [0, 0.05) is 48.6 Å². The Morgan fingerprint density at radius 1 is 0.470 bits per heavy atom. The van der Waals surface area contributed by atoms with Crippen LogP contribution in [0.2, 0.25) is 15.2 Å². The third kappa shape index (κ3) is 7.86. The summed E-state index contributed by atoms with van der Waals surface area (Å²) in [5.74, 6) is -6.13. The van der Waals surface area contributed by atoms with Crippen LogP contribution in [0.25, 0.3) is 55.3 Å². The third-order valence-electron chi connectivity index (χ3n) is 12.9. The van der Waals surface area contributed by atoms with Crippen LogP contribution >= 0.6 is 34.8 Å². The molecular weight excluding hydrogens is 902 g/mol. The summed E-state index contributed by atoms with van der Waals surface area (Å²) in [4.78, 5) is 8.77. The van der Waals surface area contributed by atoms with E-state index in [4.69, 9.17) is 44.1 Å². The second kappa shape index (κ2) is 16.5. The van der Waals surface area contributed by atoms with E-state index in [1.807, 2.05) is 122 Å². The molecule has 1 saturated heterocycles. The van der Waals surface area contributed by atoms with Gasteiger partial charge in [-0.1, -0.05) is 118 Å². The van der Waals surface area contributed by atoms with Crippen LogP contribution in [0.4, 0.5) is 17.6 Å². The average Bonchev–Trinajstić information content (AvgIpc) is 3.71. The molecule has 3 aliphatic rings. The number of alkyl halides is 4. The molecule has 4 nitrogen and oxygen atoms in total. The number of halogens is 7. The van der Waals surface area contributed by atoms with Gasteiger partial charge in [0.15, 0.2) is 0 Å². The lowest BCUT2D eigenvalue weighted by molar-refractivity contribution is 0.00578. The van der Waals surface area contributed by atoms with E-state index in [-0.39, 0.29) is 22.3 Å². The Bertz CT molecular complexity index is 3270. The first-order valence-corrected chi connectivity index (χ1v) is 22.6. The van der Waals surface area contributed by atoms with Crippen LogP contribution in [-0.2, 0) is 21.2 Å². The molecule has 2 aliphatic carbocycles. The fourth-order valence-corrected chi connectivity index (χ4v) is 9.63. The molecule has 11 rings (SSSR count). The van der Waals surface area contributed by atoms with Gasteiger partial charge < -0.3 is 9.31 Å². The van der Waals surface area contributed by atoms with Gasteiger partial charge in [-0.05, 0) is 143 Å². The Kier molecular flexibility index (Phi) is 11.5. The third-order valence-corrected chi connectivity index (χ3v) is 13.8. The van der Waals surface area contributed by atoms with Crippen molar-refractivity contribution in [3.63, 3.8) is 0 Å². The summed E-state index contributed by atoms with van der Waals surface area (Å²) in [6, 6.07) is 35.7. The summed E-state index contributed by atoms with van der Waals surface area (Å²) in [6.45, 7) is 15.4. The smallest absolute Gasteiger partial charge is 0.399 e. The number of rotatable bonds is 2. The van der Waals surface area contributed by atoms with Gasteiger partial charge in [-0.3, -0.25) is 0 Å². The predicted molar refractivity (Wildman–Crippen MR) is 262 cm³/mol. The van der Waals surface area contributed by atoms with Crippen molar-refractivity contribution in [3.8, 4) is 33.5 Å². The van der Waals surface area contributed by atoms with E-state index in [1.165, 1.54) is 12.1 Å². The minimum Gasteiger partial charge on any atom is -0.399 e. The molecule has 66 heavy (non-hydrogen) atoms. The normalized spacial score (nSPS) is 16.4. The quantitative estimate of drug-likeness (QED) is 0.0984. The van der Waals surface area contributed by atoms with Crippen molar-refractivity contribution in [1.82, 2.24) is 9.97 Å². The summed E-state index contributed by atoms with van der Waals surface area (Å²) < 4.78 is 73.9. The van der Waals surface area contributed by atoms with Crippen molar-refractivity contribution in [2.75, 3.05) is 0 Å². The number of aryl methyl sites for hydroxylation is 4. The van der Waals surface area contributed by atoms with E-state index in [1.54, 1.807) is 42.5 Å². The zero-order valence-electron chi connectivity index (χ0n) is 37.5. The van der Waals surface area contributed by atoms with Crippen molar-refractivity contribution in [1.29, 1.82) is 0 Å². The van der Waals surface area contributed by atoms with Crippen molar-refractivity contribution in [2.24, 2.45) is 0 Å². The van der Waals surface area contributed by atoms with Crippen LogP contribution in [0, 0.1) is 27.7 Å². The van der Waals surface area contributed by atoms with E-state index in [2.05, 4.69) is 9.97 Å². The van der Waals surface area contributed by atoms with E-state index >= 15 is 17.6 Å². The second-order valence-electron chi connectivity index (χ2n) is 18.3. The maximum Gasteiger partial charge on any atom is 0.495 e. The van der Waals surface area contributed by atoms with Crippen LogP contribution in [0.3, 0.4) is 0 Å². The Hall–Kier alpha value is -5.29. The molecule has 0 N–H and O–H groups in total. The first-order chi connectivity index (χ1) is 31.1. The highest BCUT2D eigenvalue weighted by atomic mass is 35.5. The van der Waals surface area contributed by atoms with Crippen LogP contribution in [-0.4, -0.2) is 28.3 Å². The maximum atomic E-state index is 15.5. The minimum atomic E-state index is -3.06. The standard InChI is InChI=1S/C24H16ClF2N.C21H23BF2O2.C9H5Cl2N/c1-13-6-8-19-16(10-13)17-11-14(2)12-18(23(17)24(19,26)27)22-9-7-15-20(25)4-3-5-21(15)28-22;1-12-7-8-16-14(9-12)15-10-13(2)11-17(18(15)21(16,23)24)22-25-19(3,4)20(5,6)26-22;10-7-2-1-3-8-6(7)4-5-9(11)12-8/h3-12H,1-2H3;7-11H,1-6H3;1-5H. The first-order valence-electron chi connectivity index (χ1n) is 21.5. The number of benzene rings is 6. The SMILES string of the molecule is Cc1ccc2c(c1)-c1cc(C)cc(-c3ccc4c(Cl)cccc4n3)c1C2(F)F.Cc1ccc2c(c1)-c1cc(C)cc(B3OC(C)(C)C(C)(C)O3)c1C2(F)F.Clc1ccc2c(Cl)cccc2n1. The van der Waals surface area contributed by atoms with Gasteiger partial charge in [0.25, 0.3) is 11.8 Å². The van der Waals surface area contributed by atoms with Gasteiger partial charge in [0.2, 0.25) is 0 Å². The van der Waals surface area contributed by atoms with Gasteiger partial charge in [0.05, 0.1) is 27.9 Å². The summed E-state index contributed by atoms with van der Waals surface area (Å²) in [7, 11) is -0.810. The van der Waals surface area contributed by atoms with E-state index in [0.29, 0.717) is 59.7 Å². The number of nitrogens with zero attached hydrogens (tertiary/aromatic N) is 2. The van der Waals surface area contributed by atoms with Crippen molar-refractivity contribution in [2.45, 2.75) is 78.4 Å². The lowest BCUT2D eigenvalue weighted by Gasteiger charge is -2.32. The summed E-state index contributed by atoms with van der Waals surface area (Å²) in [5, 5.41) is 3.53. The molecule has 8 aromatic rings. The molecule has 12 heteroatoms. The van der Waals surface area contributed by atoms with Gasteiger partial charge in [-0.2, -0.15) is 17.6 Å². The van der Waals surface area contributed by atoms with E-state index in [0.717, 1.165) is 38.5 Å². The highest BCUT2D eigenvalue weighted by Gasteiger charge is 2.56. The number of pyridine rings is 2. The molecule has 0 saturated carbocycles. The molecular formula is C54H44BCl3F4N2O2. The zero-order chi connectivity index (χ0) is 47.2. The molecule has 6 aromatic carbocycles. The molecule has 0 spiro atoms. The monoisotopic (exact) mass is 944 g/mol. The molecule has 3 heterocycles. The fraction of sp³-hybridized carbons (Fsp3) is 0.222. The van der Waals surface area contributed by atoms with Gasteiger partial charge in [-0.25, -0.2) is 9.97 Å². The molecule has 0 unspecified atom stereocenters. The van der Waals surface area contributed by atoms with Crippen LogP contribution in [0.5, 0.6) is 0 Å². The van der Waals surface area contributed by atoms with E-state index in [9.17, 15) is 0 Å². The summed E-state index contributed by atoms with van der Waals surface area (Å²) >= 11 is 17.9. The molecule has 0 amide bonds.